The molecule has 0 saturated carbocycles. The van der Waals surface area contributed by atoms with E-state index < -0.39 is 23.7 Å². The summed E-state index contributed by atoms with van der Waals surface area (Å²) in [6.07, 6.45) is 0.659. The van der Waals surface area contributed by atoms with Gasteiger partial charge in [0, 0.05) is 5.69 Å². The van der Waals surface area contributed by atoms with Gasteiger partial charge in [0.25, 0.3) is 5.91 Å². The van der Waals surface area contributed by atoms with E-state index in [-0.39, 0.29) is 17.0 Å². The molecule has 0 aliphatic heterocycles. The largest absolute Gasteiger partial charge is 0.494 e. The molecule has 23 heavy (non-hydrogen) atoms. The average Bonchev–Trinajstić information content (AvgIpc) is 3.01. The van der Waals surface area contributed by atoms with Crippen molar-refractivity contribution in [1.29, 1.82) is 0 Å². The van der Waals surface area contributed by atoms with Gasteiger partial charge in [0.15, 0.2) is 17.6 Å². The van der Waals surface area contributed by atoms with Gasteiger partial charge >= 0.3 is 5.97 Å². The van der Waals surface area contributed by atoms with Crippen LogP contribution >= 0.6 is 0 Å². The van der Waals surface area contributed by atoms with E-state index in [1.54, 1.807) is 0 Å². The number of hydrogen-bond acceptors (Lipinski definition) is 4. The number of aromatic nitrogens is 2. The molecule has 0 fully saturated rings. The lowest BCUT2D eigenvalue weighted by Crippen LogP contribution is -2.34. The van der Waals surface area contributed by atoms with Crippen LogP contribution in [0.3, 0.4) is 0 Å². The lowest BCUT2D eigenvalue weighted by atomic mass is 10.1. The molecule has 2 rings (SSSR count). The first-order chi connectivity index (χ1) is 11.0. The summed E-state index contributed by atoms with van der Waals surface area (Å²) in [6.45, 7) is 1.88. The highest BCUT2D eigenvalue weighted by Gasteiger charge is 2.25. The van der Waals surface area contributed by atoms with Crippen molar-refractivity contribution in [3.63, 3.8) is 0 Å². The second-order valence-corrected chi connectivity index (χ2v) is 4.77. The van der Waals surface area contributed by atoms with Crippen LogP contribution in [0.2, 0.25) is 0 Å². The van der Waals surface area contributed by atoms with Crippen molar-refractivity contribution in [2.24, 2.45) is 0 Å². The molecule has 1 aromatic carbocycles. The van der Waals surface area contributed by atoms with Gasteiger partial charge in [-0.05, 0) is 30.2 Å². The smallest absolute Gasteiger partial charge is 0.330 e. The van der Waals surface area contributed by atoms with Crippen molar-refractivity contribution < 1.29 is 23.8 Å². The van der Waals surface area contributed by atoms with Gasteiger partial charge in [-0.25, -0.2) is 9.18 Å². The van der Waals surface area contributed by atoms with Crippen LogP contribution in [0.15, 0.2) is 24.3 Å². The highest BCUT2D eigenvalue weighted by Crippen LogP contribution is 2.22. The van der Waals surface area contributed by atoms with Crippen LogP contribution in [-0.2, 0) is 11.2 Å². The zero-order valence-corrected chi connectivity index (χ0v) is 12.6. The maximum Gasteiger partial charge on any atom is 0.330 e. The molecule has 7 nitrogen and oxygen atoms in total. The molecule has 2 aromatic rings. The summed E-state index contributed by atoms with van der Waals surface area (Å²) in [6, 6.07) is 3.83. The molecule has 0 radical (unpaired) electrons. The first-order valence-electron chi connectivity index (χ1n) is 6.87. The number of nitrogens with zero attached hydrogens (tertiary/aromatic N) is 1. The van der Waals surface area contributed by atoms with E-state index in [0.717, 1.165) is 11.8 Å². The molecular formula is C15H16FN3O4. The second kappa shape index (κ2) is 6.91. The number of carbonyl (C=O) groups is 2. The predicted octanol–water partition coefficient (Wildman–Crippen LogP) is 1.68. The maximum absolute atomic E-state index is 13.7. The van der Waals surface area contributed by atoms with Crippen LogP contribution in [0.4, 0.5) is 4.39 Å². The van der Waals surface area contributed by atoms with Gasteiger partial charge < -0.3 is 15.2 Å². The summed E-state index contributed by atoms with van der Waals surface area (Å²) < 4.78 is 18.5. The number of carbonyl (C=O) groups excluding carboxylic acids is 1. The van der Waals surface area contributed by atoms with Crippen LogP contribution in [0, 0.1) is 5.82 Å². The fourth-order valence-electron chi connectivity index (χ4n) is 2.01. The molecule has 1 amide bonds. The number of amides is 1. The molecule has 0 saturated heterocycles. The zero-order valence-electron chi connectivity index (χ0n) is 12.6. The number of nitrogens with one attached hydrogen (secondary N) is 2. The van der Waals surface area contributed by atoms with Gasteiger partial charge in [0.1, 0.15) is 5.69 Å². The van der Waals surface area contributed by atoms with E-state index in [2.05, 4.69) is 15.5 Å². The normalized spacial score (nSPS) is 11.8. The minimum atomic E-state index is -1.40. The number of carboxylic acid groups (broad SMARTS) is 1. The molecule has 1 heterocycles. The fourth-order valence-corrected chi connectivity index (χ4v) is 2.01. The van der Waals surface area contributed by atoms with Gasteiger partial charge in [-0.2, -0.15) is 5.10 Å². The number of aryl methyl sites for hydroxylation is 1. The Bertz CT molecular complexity index is 729. The molecule has 122 valence electrons. The Labute approximate surface area is 131 Å². The zero-order chi connectivity index (χ0) is 17.0. The van der Waals surface area contributed by atoms with E-state index in [9.17, 15) is 19.1 Å². The molecule has 1 aromatic heterocycles. The first kappa shape index (κ1) is 16.5. The minimum absolute atomic E-state index is 0.0101. The molecule has 0 spiro atoms. The van der Waals surface area contributed by atoms with Gasteiger partial charge in [-0.1, -0.05) is 13.0 Å². The van der Waals surface area contributed by atoms with Crippen LogP contribution in [0.25, 0.3) is 0 Å². The molecule has 0 aliphatic rings. The number of rotatable bonds is 6. The fraction of sp³-hybridized carbons (Fsp3) is 0.267. The maximum atomic E-state index is 13.7. The number of aliphatic carboxylic acids is 1. The van der Waals surface area contributed by atoms with Crippen LogP contribution in [0.5, 0.6) is 5.75 Å². The Balaban J connectivity index is 2.23. The standard InChI is InChI=1S/C15H16FN3O4/c1-3-9-7-11(19-18-9)14(20)17-13(15(21)22)8-4-5-12(23-2)10(16)6-8/h4-7,13H,3H2,1-2H3,(H,17,20)(H,18,19)(H,21,22). The Morgan fingerprint density at radius 1 is 1.43 bits per heavy atom. The summed E-state index contributed by atoms with van der Waals surface area (Å²) in [7, 11) is 1.30. The molecule has 8 heteroatoms. The van der Waals surface area contributed by atoms with E-state index >= 15 is 0 Å². The average molecular weight is 321 g/mol. The van der Waals surface area contributed by atoms with Crippen molar-refractivity contribution >= 4 is 11.9 Å². The minimum Gasteiger partial charge on any atom is -0.494 e. The SMILES string of the molecule is CCc1cc(C(=O)NC(C(=O)O)c2ccc(OC)c(F)c2)n[nH]1. The van der Waals surface area contributed by atoms with Gasteiger partial charge in [0.05, 0.1) is 7.11 Å². The molecule has 1 unspecified atom stereocenters. The Kier molecular flexibility index (Phi) is 4.95. The molecule has 3 N–H and O–H groups in total. The lowest BCUT2D eigenvalue weighted by molar-refractivity contribution is -0.139. The number of aromatic amines is 1. The van der Waals surface area contributed by atoms with Gasteiger partial charge in [-0.15, -0.1) is 0 Å². The quantitative estimate of drug-likeness (QED) is 0.751. The summed E-state index contributed by atoms with van der Waals surface area (Å²) in [5, 5.41) is 18.1. The van der Waals surface area contributed by atoms with Crippen molar-refractivity contribution in [3.05, 3.63) is 47.0 Å². The third kappa shape index (κ3) is 3.65. The second-order valence-electron chi connectivity index (χ2n) is 4.77. The molecule has 0 aliphatic carbocycles. The number of H-pyrrole nitrogens is 1. The van der Waals surface area contributed by atoms with Gasteiger partial charge in [0.2, 0.25) is 0 Å². The van der Waals surface area contributed by atoms with E-state index in [1.165, 1.54) is 25.3 Å². The number of carboxylic acids is 1. The predicted molar refractivity (Wildman–Crippen MR) is 78.8 cm³/mol. The monoisotopic (exact) mass is 321 g/mol. The molecular weight excluding hydrogens is 305 g/mol. The van der Waals surface area contributed by atoms with Crippen molar-refractivity contribution in [1.82, 2.24) is 15.5 Å². The van der Waals surface area contributed by atoms with Crippen LogP contribution in [0.1, 0.15) is 34.7 Å². The highest BCUT2D eigenvalue weighted by atomic mass is 19.1. The number of hydrogen-bond donors (Lipinski definition) is 3. The van der Waals surface area contributed by atoms with Crippen LogP contribution < -0.4 is 10.1 Å². The van der Waals surface area contributed by atoms with Crippen LogP contribution in [-0.4, -0.2) is 34.3 Å². The molecule has 0 bridgehead atoms. The number of benzene rings is 1. The Hall–Kier alpha value is -2.90. The topological polar surface area (TPSA) is 104 Å². The number of halogens is 1. The summed E-state index contributed by atoms with van der Waals surface area (Å²) in [5.74, 6) is -2.69. The van der Waals surface area contributed by atoms with E-state index in [0.29, 0.717) is 6.42 Å². The third-order valence-electron chi connectivity index (χ3n) is 3.28. The summed E-state index contributed by atoms with van der Waals surface area (Å²) in [5.41, 5.74) is 0.912. The van der Waals surface area contributed by atoms with E-state index in [4.69, 9.17) is 4.74 Å². The van der Waals surface area contributed by atoms with Crippen molar-refractivity contribution in [2.45, 2.75) is 19.4 Å². The third-order valence-corrected chi connectivity index (χ3v) is 3.28. The first-order valence-corrected chi connectivity index (χ1v) is 6.87. The van der Waals surface area contributed by atoms with E-state index in [1.807, 2.05) is 6.92 Å². The number of ether oxygens (including phenoxy) is 1. The Morgan fingerprint density at radius 3 is 2.70 bits per heavy atom. The lowest BCUT2D eigenvalue weighted by Gasteiger charge is -2.15. The number of methoxy groups -OCH3 is 1. The summed E-state index contributed by atoms with van der Waals surface area (Å²) >= 11 is 0. The molecule has 1 atom stereocenters. The summed E-state index contributed by atoms with van der Waals surface area (Å²) in [4.78, 5) is 23.5. The Morgan fingerprint density at radius 2 is 2.17 bits per heavy atom. The van der Waals surface area contributed by atoms with Gasteiger partial charge in [-0.3, -0.25) is 9.89 Å². The van der Waals surface area contributed by atoms with Crippen molar-refractivity contribution in [3.8, 4) is 5.75 Å². The van der Waals surface area contributed by atoms with Crippen molar-refractivity contribution in [2.75, 3.05) is 7.11 Å². The highest BCUT2D eigenvalue weighted by molar-refractivity contribution is 5.95.